The second-order valence-electron chi connectivity index (χ2n) is 5.59. The molecule has 6 heteroatoms. The van der Waals surface area contributed by atoms with Crippen LogP contribution in [0.2, 0.25) is 0 Å². The monoisotopic (exact) mass is 354 g/mol. The third-order valence-electron chi connectivity index (χ3n) is 3.75. The number of rotatable bonds is 5. The third-order valence-corrected chi connectivity index (χ3v) is 4.25. The quantitative estimate of drug-likeness (QED) is 0.834. The average Bonchev–Trinajstić information content (AvgIpc) is 2.42. The van der Waals surface area contributed by atoms with Crippen LogP contribution in [0.5, 0.6) is 0 Å². The maximum Gasteiger partial charge on any atom is 0.238 e. The zero-order chi connectivity index (χ0) is 15.2. The van der Waals surface area contributed by atoms with Gasteiger partial charge in [-0.1, -0.05) is 22.0 Å². The first-order valence-corrected chi connectivity index (χ1v) is 7.99. The minimum absolute atomic E-state index is 0.0140. The lowest BCUT2D eigenvalue weighted by Gasteiger charge is -2.37. The molecule has 1 atom stereocenters. The summed E-state index contributed by atoms with van der Waals surface area (Å²) in [6, 6.07) is 8.07. The van der Waals surface area contributed by atoms with Gasteiger partial charge in [0, 0.05) is 42.4 Å². The highest BCUT2D eigenvalue weighted by Gasteiger charge is 2.21. The Hall–Kier alpha value is -0.950. The Morgan fingerprint density at radius 1 is 1.38 bits per heavy atom. The molecule has 2 rings (SSSR count). The van der Waals surface area contributed by atoms with E-state index in [1.165, 1.54) is 0 Å². The van der Waals surface area contributed by atoms with Crippen molar-refractivity contribution in [1.29, 1.82) is 0 Å². The molecule has 1 aliphatic rings. The van der Waals surface area contributed by atoms with Gasteiger partial charge in [-0.15, -0.1) is 0 Å². The van der Waals surface area contributed by atoms with E-state index in [2.05, 4.69) is 50.5 Å². The number of likely N-dealkylation sites (N-methyl/N-ethyl adjacent to an activating group) is 2. The smallest absolute Gasteiger partial charge is 0.238 e. The van der Waals surface area contributed by atoms with Crippen molar-refractivity contribution in [3.63, 3.8) is 0 Å². The van der Waals surface area contributed by atoms with Gasteiger partial charge in [0.25, 0.3) is 0 Å². The summed E-state index contributed by atoms with van der Waals surface area (Å²) in [6.45, 7) is 4.38. The van der Waals surface area contributed by atoms with Crippen molar-refractivity contribution in [3.8, 4) is 0 Å². The predicted octanol–water partition coefficient (Wildman–Crippen LogP) is 1.22. The molecule has 1 saturated heterocycles. The van der Waals surface area contributed by atoms with Crippen LogP contribution in [0.15, 0.2) is 28.7 Å². The molecule has 1 amide bonds. The number of carbonyl (C=O) groups is 1. The summed E-state index contributed by atoms with van der Waals surface area (Å²) < 4.78 is 0.958. The van der Waals surface area contributed by atoms with Crippen molar-refractivity contribution in [3.05, 3.63) is 28.7 Å². The number of halogens is 1. The number of piperazine rings is 1. The molecule has 0 radical (unpaired) electrons. The van der Waals surface area contributed by atoms with E-state index in [4.69, 9.17) is 0 Å². The zero-order valence-electron chi connectivity index (χ0n) is 12.6. The van der Waals surface area contributed by atoms with Crippen molar-refractivity contribution >= 4 is 27.5 Å². The zero-order valence-corrected chi connectivity index (χ0v) is 14.2. The molecule has 1 aliphatic heterocycles. The number of nitrogens with one attached hydrogen (secondary N) is 2. The molecule has 1 aromatic carbocycles. The maximum absolute atomic E-state index is 11.9. The summed E-state index contributed by atoms with van der Waals surface area (Å²) in [4.78, 5) is 16.6. The van der Waals surface area contributed by atoms with Crippen LogP contribution >= 0.6 is 15.9 Å². The Labute approximate surface area is 134 Å². The van der Waals surface area contributed by atoms with Crippen LogP contribution < -0.4 is 10.6 Å². The fourth-order valence-corrected chi connectivity index (χ4v) is 2.84. The normalized spacial score (nSPS) is 20.4. The fourth-order valence-electron chi connectivity index (χ4n) is 2.45. The number of amides is 1. The highest BCUT2D eigenvalue weighted by atomic mass is 79.9. The first-order valence-electron chi connectivity index (χ1n) is 7.19. The van der Waals surface area contributed by atoms with Crippen LogP contribution in [0.25, 0.3) is 0 Å². The second kappa shape index (κ2) is 7.89. The lowest BCUT2D eigenvalue weighted by molar-refractivity contribution is -0.115. The molecule has 0 aromatic heterocycles. The van der Waals surface area contributed by atoms with Crippen LogP contribution in [0, 0.1) is 0 Å². The van der Waals surface area contributed by atoms with Crippen LogP contribution in [-0.4, -0.2) is 68.6 Å². The second-order valence-corrected chi connectivity index (χ2v) is 6.50. The van der Waals surface area contributed by atoms with Crippen LogP contribution in [0.1, 0.15) is 0 Å². The van der Waals surface area contributed by atoms with Crippen molar-refractivity contribution in [2.24, 2.45) is 0 Å². The Bertz CT molecular complexity index is 482. The first-order chi connectivity index (χ1) is 10.0. The number of benzene rings is 1. The average molecular weight is 355 g/mol. The Kier molecular flexibility index (Phi) is 6.17. The van der Waals surface area contributed by atoms with Gasteiger partial charge in [-0.3, -0.25) is 9.69 Å². The minimum Gasteiger partial charge on any atom is -0.325 e. The highest BCUT2D eigenvalue weighted by Crippen LogP contribution is 2.15. The van der Waals surface area contributed by atoms with Crippen molar-refractivity contribution in [1.82, 2.24) is 15.1 Å². The molecule has 0 spiro atoms. The summed E-state index contributed by atoms with van der Waals surface area (Å²) in [5.41, 5.74) is 0.811. The number of anilines is 1. The Balaban J connectivity index is 1.71. The van der Waals surface area contributed by atoms with Crippen LogP contribution in [0.4, 0.5) is 5.69 Å². The van der Waals surface area contributed by atoms with E-state index in [0.717, 1.165) is 36.3 Å². The summed E-state index contributed by atoms with van der Waals surface area (Å²) in [5.74, 6) is -0.0140. The molecule has 1 unspecified atom stereocenters. The van der Waals surface area contributed by atoms with E-state index in [9.17, 15) is 4.79 Å². The van der Waals surface area contributed by atoms with E-state index >= 15 is 0 Å². The molecule has 0 saturated carbocycles. The molecule has 116 valence electrons. The number of carbonyl (C=O) groups excluding carboxylic acids is 1. The van der Waals surface area contributed by atoms with Crippen molar-refractivity contribution in [2.45, 2.75) is 6.04 Å². The van der Waals surface area contributed by atoms with Crippen LogP contribution in [0.3, 0.4) is 0 Å². The van der Waals surface area contributed by atoms with E-state index in [1.54, 1.807) is 0 Å². The van der Waals surface area contributed by atoms with Crippen molar-refractivity contribution in [2.75, 3.05) is 52.1 Å². The van der Waals surface area contributed by atoms with Gasteiger partial charge in [0.05, 0.1) is 6.54 Å². The molecule has 21 heavy (non-hydrogen) atoms. The molecule has 1 fully saturated rings. The lowest BCUT2D eigenvalue weighted by Crippen LogP contribution is -2.54. The number of nitrogens with zero attached hydrogens (tertiary/aromatic N) is 2. The molecular weight excluding hydrogens is 332 g/mol. The van der Waals surface area contributed by atoms with Gasteiger partial charge in [-0.25, -0.2) is 0 Å². The topological polar surface area (TPSA) is 47.6 Å². The lowest BCUT2D eigenvalue weighted by atomic mass is 10.2. The van der Waals surface area contributed by atoms with Gasteiger partial charge < -0.3 is 15.5 Å². The van der Waals surface area contributed by atoms with Gasteiger partial charge in [-0.2, -0.15) is 0 Å². The minimum atomic E-state index is -0.0140. The van der Waals surface area contributed by atoms with E-state index in [-0.39, 0.29) is 5.91 Å². The van der Waals surface area contributed by atoms with Crippen molar-refractivity contribution < 1.29 is 4.79 Å². The molecule has 0 aliphatic carbocycles. The Morgan fingerprint density at radius 3 is 2.95 bits per heavy atom. The predicted molar refractivity (Wildman–Crippen MR) is 89.6 cm³/mol. The number of hydrogen-bond acceptors (Lipinski definition) is 4. The highest BCUT2D eigenvalue weighted by molar-refractivity contribution is 9.10. The maximum atomic E-state index is 11.9. The van der Waals surface area contributed by atoms with E-state index < -0.39 is 0 Å². The molecule has 5 nitrogen and oxygen atoms in total. The first kappa shape index (κ1) is 16.4. The van der Waals surface area contributed by atoms with Gasteiger partial charge in [0.1, 0.15) is 0 Å². The number of hydrogen-bond donors (Lipinski definition) is 2. The molecule has 1 aromatic rings. The summed E-state index contributed by atoms with van der Waals surface area (Å²) in [7, 11) is 4.28. The van der Waals surface area contributed by atoms with Gasteiger partial charge in [-0.05, 0) is 32.3 Å². The third kappa shape index (κ3) is 5.39. The van der Waals surface area contributed by atoms with Gasteiger partial charge in [0.2, 0.25) is 5.91 Å². The molecule has 1 heterocycles. The van der Waals surface area contributed by atoms with Gasteiger partial charge >= 0.3 is 0 Å². The SMILES string of the molecule is CN1CCN(C)C(CNCC(=O)Nc2cccc(Br)c2)C1. The fraction of sp³-hybridized carbons (Fsp3) is 0.533. The molecule has 2 N–H and O–H groups in total. The van der Waals surface area contributed by atoms with Gasteiger partial charge in [0.15, 0.2) is 0 Å². The Morgan fingerprint density at radius 2 is 2.19 bits per heavy atom. The summed E-state index contributed by atoms with van der Waals surface area (Å²) >= 11 is 3.39. The standard InChI is InChI=1S/C15H23BrN4O/c1-19-6-7-20(2)14(11-19)9-17-10-15(21)18-13-5-3-4-12(16)8-13/h3-5,8,14,17H,6-7,9-11H2,1-2H3,(H,18,21). The van der Waals surface area contributed by atoms with Crippen LogP contribution in [-0.2, 0) is 4.79 Å². The largest absolute Gasteiger partial charge is 0.325 e. The molecular formula is C15H23BrN4O. The summed E-state index contributed by atoms with van der Waals surface area (Å²) in [6.07, 6.45) is 0. The van der Waals surface area contributed by atoms with E-state index in [0.29, 0.717) is 12.6 Å². The molecule has 0 bridgehead atoms. The summed E-state index contributed by atoms with van der Waals surface area (Å²) in [5, 5.41) is 6.13. The van der Waals surface area contributed by atoms with E-state index in [1.807, 2.05) is 24.3 Å².